The fourth-order valence-corrected chi connectivity index (χ4v) is 2.78. The summed E-state index contributed by atoms with van der Waals surface area (Å²) >= 11 is 0. The summed E-state index contributed by atoms with van der Waals surface area (Å²) in [4.78, 5) is 27.6. The predicted octanol–water partition coefficient (Wildman–Crippen LogP) is 1.26. The van der Waals surface area contributed by atoms with E-state index in [1.54, 1.807) is 0 Å². The summed E-state index contributed by atoms with van der Waals surface area (Å²) in [5.74, 6) is 0.730. The van der Waals surface area contributed by atoms with Crippen LogP contribution in [-0.4, -0.2) is 61.4 Å². The van der Waals surface area contributed by atoms with Crippen LogP contribution in [0.2, 0.25) is 0 Å². The van der Waals surface area contributed by atoms with Crippen molar-refractivity contribution in [3.05, 3.63) is 29.8 Å². The van der Waals surface area contributed by atoms with Gasteiger partial charge in [0.25, 0.3) is 0 Å². The van der Waals surface area contributed by atoms with Gasteiger partial charge in [0.15, 0.2) is 0 Å². The Morgan fingerprint density at radius 3 is 2.50 bits per heavy atom. The molecular formula is C18H27N3O3. The maximum atomic E-state index is 12.0. The highest BCUT2D eigenvalue weighted by Gasteiger charge is 2.18. The van der Waals surface area contributed by atoms with E-state index in [9.17, 15) is 9.59 Å². The lowest BCUT2D eigenvalue weighted by atomic mass is 10.2. The van der Waals surface area contributed by atoms with Crippen molar-refractivity contribution in [3.8, 4) is 5.75 Å². The maximum Gasteiger partial charge on any atom is 0.241 e. The van der Waals surface area contributed by atoms with E-state index in [0.717, 1.165) is 37.2 Å². The molecule has 2 rings (SSSR count). The molecule has 1 aromatic rings. The molecule has 132 valence electrons. The number of rotatable bonds is 8. The Morgan fingerprint density at radius 2 is 1.88 bits per heavy atom. The zero-order valence-electron chi connectivity index (χ0n) is 14.6. The average Bonchev–Trinajstić information content (AvgIpc) is 3.09. The van der Waals surface area contributed by atoms with E-state index in [1.807, 2.05) is 48.0 Å². The number of carbonyl (C=O) groups is 2. The highest BCUT2D eigenvalue weighted by Crippen LogP contribution is 2.13. The second-order valence-electron chi connectivity index (χ2n) is 6.11. The summed E-state index contributed by atoms with van der Waals surface area (Å²) in [6.07, 6.45) is 2.12. The van der Waals surface area contributed by atoms with Gasteiger partial charge in [0.05, 0.1) is 19.7 Å². The van der Waals surface area contributed by atoms with Gasteiger partial charge >= 0.3 is 0 Å². The molecule has 1 heterocycles. The fraction of sp³-hybridized carbons (Fsp3) is 0.556. The second-order valence-corrected chi connectivity index (χ2v) is 6.11. The topological polar surface area (TPSA) is 61.9 Å². The zero-order valence-corrected chi connectivity index (χ0v) is 14.6. The molecule has 0 atom stereocenters. The van der Waals surface area contributed by atoms with E-state index in [4.69, 9.17) is 4.74 Å². The van der Waals surface area contributed by atoms with Gasteiger partial charge in [-0.2, -0.15) is 0 Å². The Labute approximate surface area is 143 Å². The molecule has 6 nitrogen and oxygen atoms in total. The SMILES string of the molecule is CCOc1ccc(CN(C)CC(=O)NCC(=O)N2CCCC2)cc1. The van der Waals surface area contributed by atoms with Crippen LogP contribution in [0.4, 0.5) is 0 Å². The lowest BCUT2D eigenvalue weighted by molar-refractivity contribution is -0.132. The Hall–Kier alpha value is -2.08. The molecule has 1 fully saturated rings. The van der Waals surface area contributed by atoms with Crippen molar-refractivity contribution in [1.82, 2.24) is 15.1 Å². The summed E-state index contributed by atoms with van der Waals surface area (Å²) in [7, 11) is 1.89. The Morgan fingerprint density at radius 1 is 1.21 bits per heavy atom. The fourth-order valence-electron chi connectivity index (χ4n) is 2.78. The van der Waals surface area contributed by atoms with Gasteiger partial charge in [-0.25, -0.2) is 0 Å². The molecule has 0 saturated carbocycles. The van der Waals surface area contributed by atoms with Crippen molar-refractivity contribution in [2.24, 2.45) is 0 Å². The number of nitrogens with one attached hydrogen (secondary N) is 1. The number of ether oxygens (including phenoxy) is 1. The highest BCUT2D eigenvalue weighted by molar-refractivity contribution is 5.85. The molecule has 1 aliphatic heterocycles. The smallest absolute Gasteiger partial charge is 0.241 e. The van der Waals surface area contributed by atoms with Crippen molar-refractivity contribution in [2.45, 2.75) is 26.3 Å². The minimum atomic E-state index is -0.129. The van der Waals surface area contributed by atoms with Crippen molar-refractivity contribution < 1.29 is 14.3 Å². The van der Waals surface area contributed by atoms with Gasteiger partial charge in [0, 0.05) is 19.6 Å². The number of hydrogen-bond donors (Lipinski definition) is 1. The normalized spacial score (nSPS) is 14.0. The summed E-state index contributed by atoms with van der Waals surface area (Å²) in [5, 5.41) is 2.71. The predicted molar refractivity (Wildman–Crippen MR) is 92.8 cm³/mol. The lowest BCUT2D eigenvalue weighted by Crippen LogP contribution is -2.42. The van der Waals surface area contributed by atoms with Crippen LogP contribution in [0, 0.1) is 0 Å². The van der Waals surface area contributed by atoms with Crippen LogP contribution >= 0.6 is 0 Å². The molecule has 0 radical (unpaired) electrons. The molecule has 0 aromatic heterocycles. The van der Waals surface area contributed by atoms with Gasteiger partial charge in [-0.05, 0) is 44.5 Å². The molecular weight excluding hydrogens is 306 g/mol. The van der Waals surface area contributed by atoms with E-state index < -0.39 is 0 Å². The van der Waals surface area contributed by atoms with E-state index in [-0.39, 0.29) is 24.9 Å². The van der Waals surface area contributed by atoms with Crippen molar-refractivity contribution >= 4 is 11.8 Å². The monoisotopic (exact) mass is 333 g/mol. The first kappa shape index (κ1) is 18.3. The summed E-state index contributed by atoms with van der Waals surface area (Å²) in [5.41, 5.74) is 1.11. The van der Waals surface area contributed by atoms with Crippen LogP contribution in [0.3, 0.4) is 0 Å². The summed E-state index contributed by atoms with van der Waals surface area (Å²) < 4.78 is 5.41. The number of carbonyl (C=O) groups excluding carboxylic acids is 2. The van der Waals surface area contributed by atoms with E-state index in [2.05, 4.69) is 5.32 Å². The molecule has 1 aliphatic rings. The van der Waals surface area contributed by atoms with Crippen LogP contribution in [0.15, 0.2) is 24.3 Å². The van der Waals surface area contributed by atoms with E-state index >= 15 is 0 Å². The highest BCUT2D eigenvalue weighted by atomic mass is 16.5. The maximum absolute atomic E-state index is 12.0. The minimum Gasteiger partial charge on any atom is -0.494 e. The standard InChI is InChI=1S/C18H27N3O3/c1-3-24-16-8-6-15(7-9-16)13-20(2)14-17(22)19-12-18(23)21-10-4-5-11-21/h6-9H,3-5,10-14H2,1-2H3,(H,19,22). The Bertz CT molecular complexity index is 539. The molecule has 24 heavy (non-hydrogen) atoms. The van der Waals surface area contributed by atoms with E-state index in [1.165, 1.54) is 0 Å². The van der Waals surface area contributed by atoms with Crippen LogP contribution in [0.5, 0.6) is 5.75 Å². The molecule has 6 heteroatoms. The van der Waals surface area contributed by atoms with Crippen LogP contribution < -0.4 is 10.1 Å². The third kappa shape index (κ3) is 5.85. The van der Waals surface area contributed by atoms with Gasteiger partial charge in [0.1, 0.15) is 5.75 Å². The molecule has 0 unspecified atom stereocenters. The largest absolute Gasteiger partial charge is 0.494 e. The first-order chi connectivity index (χ1) is 11.6. The number of nitrogens with zero attached hydrogens (tertiary/aromatic N) is 2. The number of benzene rings is 1. The zero-order chi connectivity index (χ0) is 17.4. The van der Waals surface area contributed by atoms with Crippen molar-refractivity contribution in [1.29, 1.82) is 0 Å². The first-order valence-electron chi connectivity index (χ1n) is 8.53. The van der Waals surface area contributed by atoms with Gasteiger partial charge < -0.3 is 15.0 Å². The Kier molecular flexibility index (Phi) is 7.06. The summed E-state index contributed by atoms with van der Waals surface area (Å²) in [6, 6.07) is 7.86. The van der Waals surface area contributed by atoms with Crippen molar-refractivity contribution in [2.75, 3.05) is 39.8 Å². The second kappa shape index (κ2) is 9.27. The van der Waals surface area contributed by atoms with Crippen LogP contribution in [0.25, 0.3) is 0 Å². The third-order valence-electron chi connectivity index (χ3n) is 4.00. The molecule has 0 bridgehead atoms. The van der Waals surface area contributed by atoms with Crippen molar-refractivity contribution in [3.63, 3.8) is 0 Å². The molecule has 0 spiro atoms. The van der Waals surface area contributed by atoms with Gasteiger partial charge in [-0.3, -0.25) is 14.5 Å². The Balaban J connectivity index is 1.69. The summed E-state index contributed by atoms with van der Waals surface area (Å²) in [6.45, 7) is 5.25. The molecule has 1 aromatic carbocycles. The lowest BCUT2D eigenvalue weighted by Gasteiger charge is -2.18. The number of hydrogen-bond acceptors (Lipinski definition) is 4. The van der Waals surface area contributed by atoms with E-state index in [0.29, 0.717) is 13.2 Å². The van der Waals surface area contributed by atoms with Gasteiger partial charge in [-0.15, -0.1) is 0 Å². The minimum absolute atomic E-state index is 0.00927. The molecule has 2 amide bonds. The molecule has 1 saturated heterocycles. The first-order valence-corrected chi connectivity index (χ1v) is 8.53. The number of amides is 2. The van der Waals surface area contributed by atoms with Crippen LogP contribution in [0.1, 0.15) is 25.3 Å². The van der Waals surface area contributed by atoms with Crippen LogP contribution in [-0.2, 0) is 16.1 Å². The third-order valence-corrected chi connectivity index (χ3v) is 4.00. The van der Waals surface area contributed by atoms with Gasteiger partial charge in [0.2, 0.25) is 11.8 Å². The number of likely N-dealkylation sites (tertiary alicyclic amines) is 1. The number of likely N-dealkylation sites (N-methyl/N-ethyl adjacent to an activating group) is 1. The van der Waals surface area contributed by atoms with Gasteiger partial charge in [-0.1, -0.05) is 12.1 Å². The molecule has 0 aliphatic carbocycles. The quantitative estimate of drug-likeness (QED) is 0.778. The average molecular weight is 333 g/mol. The molecule has 1 N–H and O–H groups in total.